The second-order valence-corrected chi connectivity index (χ2v) is 8.59. The summed E-state index contributed by atoms with van der Waals surface area (Å²) < 4.78 is 26.4. The van der Waals surface area contributed by atoms with E-state index in [-0.39, 0.29) is 5.41 Å². The Labute approximate surface area is 128 Å². The van der Waals surface area contributed by atoms with Crippen LogP contribution in [0.2, 0.25) is 0 Å². The van der Waals surface area contributed by atoms with E-state index in [1.165, 1.54) is 17.5 Å². The Morgan fingerprint density at radius 3 is 2.57 bits per heavy atom. The Hall–Kier alpha value is -0.870. The fourth-order valence-corrected chi connectivity index (χ4v) is 5.58. The summed E-state index contributed by atoms with van der Waals surface area (Å²) in [5, 5.41) is 0. The second-order valence-electron chi connectivity index (χ2n) is 6.51. The topological polar surface area (TPSA) is 37.4 Å². The molecule has 0 radical (unpaired) electrons. The van der Waals surface area contributed by atoms with Gasteiger partial charge in [-0.15, -0.1) is 0 Å². The van der Waals surface area contributed by atoms with Crippen LogP contribution in [0.5, 0.6) is 0 Å². The SMILES string of the molecule is CCCCS(=O)(=O)N1CCC2(CCc3ccccc32)CC1. The van der Waals surface area contributed by atoms with E-state index in [0.29, 0.717) is 18.8 Å². The highest BCUT2D eigenvalue weighted by atomic mass is 32.2. The number of nitrogens with zero attached hydrogens (tertiary/aromatic N) is 1. The molecule has 0 amide bonds. The maximum atomic E-state index is 12.3. The minimum Gasteiger partial charge on any atom is -0.212 e. The van der Waals surface area contributed by atoms with Crippen molar-refractivity contribution in [3.8, 4) is 0 Å². The van der Waals surface area contributed by atoms with Gasteiger partial charge < -0.3 is 0 Å². The Morgan fingerprint density at radius 2 is 1.86 bits per heavy atom. The Balaban J connectivity index is 1.72. The van der Waals surface area contributed by atoms with Crippen LogP contribution in [0, 0.1) is 0 Å². The van der Waals surface area contributed by atoms with Crippen molar-refractivity contribution in [2.75, 3.05) is 18.8 Å². The molecule has 21 heavy (non-hydrogen) atoms. The third-order valence-electron chi connectivity index (χ3n) is 5.29. The predicted molar refractivity (Wildman–Crippen MR) is 85.9 cm³/mol. The third kappa shape index (κ3) is 2.76. The molecule has 2 aliphatic rings. The molecule has 0 aromatic heterocycles. The molecule has 4 heteroatoms. The van der Waals surface area contributed by atoms with Crippen LogP contribution < -0.4 is 0 Å². The van der Waals surface area contributed by atoms with Gasteiger partial charge in [0.05, 0.1) is 5.75 Å². The maximum absolute atomic E-state index is 12.3. The maximum Gasteiger partial charge on any atom is 0.214 e. The van der Waals surface area contributed by atoms with Crippen LogP contribution in [-0.2, 0) is 21.9 Å². The molecular weight excluding hydrogens is 282 g/mol. The number of piperidine rings is 1. The number of unbranched alkanes of at least 4 members (excludes halogenated alkanes) is 1. The van der Waals surface area contributed by atoms with Gasteiger partial charge in [0.2, 0.25) is 10.0 Å². The summed E-state index contributed by atoms with van der Waals surface area (Å²) >= 11 is 0. The lowest BCUT2D eigenvalue weighted by atomic mass is 9.74. The number of benzene rings is 1. The van der Waals surface area contributed by atoms with Gasteiger partial charge in [0.1, 0.15) is 0 Å². The van der Waals surface area contributed by atoms with E-state index in [1.807, 2.05) is 6.92 Å². The molecule has 1 fully saturated rings. The van der Waals surface area contributed by atoms with Gasteiger partial charge >= 0.3 is 0 Å². The molecule has 0 bridgehead atoms. The van der Waals surface area contributed by atoms with Crippen molar-refractivity contribution in [2.45, 2.75) is 50.9 Å². The Kier molecular flexibility index (Phi) is 4.10. The molecule has 0 N–H and O–H groups in total. The van der Waals surface area contributed by atoms with Crippen LogP contribution in [-0.4, -0.2) is 31.6 Å². The molecule has 0 unspecified atom stereocenters. The molecule has 3 nitrogen and oxygen atoms in total. The zero-order chi connectivity index (χ0) is 14.9. The first-order valence-corrected chi connectivity index (χ1v) is 9.74. The summed E-state index contributed by atoms with van der Waals surface area (Å²) in [5.74, 6) is 0.313. The quantitative estimate of drug-likeness (QED) is 0.857. The van der Waals surface area contributed by atoms with Gasteiger partial charge in [-0.05, 0) is 48.6 Å². The number of sulfonamides is 1. The van der Waals surface area contributed by atoms with Crippen molar-refractivity contribution in [3.63, 3.8) is 0 Å². The smallest absolute Gasteiger partial charge is 0.212 e. The number of aryl methyl sites for hydroxylation is 1. The molecular formula is C17H25NO2S. The summed E-state index contributed by atoms with van der Waals surface area (Å²) in [4.78, 5) is 0. The molecule has 0 atom stereocenters. The van der Waals surface area contributed by atoms with Crippen LogP contribution in [0.15, 0.2) is 24.3 Å². The molecule has 3 rings (SSSR count). The van der Waals surface area contributed by atoms with E-state index >= 15 is 0 Å². The normalized spacial score (nSPS) is 21.6. The molecule has 0 saturated carbocycles. The molecule has 1 spiro atoms. The first-order valence-electron chi connectivity index (χ1n) is 8.14. The van der Waals surface area contributed by atoms with Gasteiger partial charge in [0.25, 0.3) is 0 Å². The first-order chi connectivity index (χ1) is 10.1. The van der Waals surface area contributed by atoms with Gasteiger partial charge in [0, 0.05) is 13.1 Å². The Morgan fingerprint density at radius 1 is 1.14 bits per heavy atom. The lowest BCUT2D eigenvalue weighted by molar-refractivity contribution is 0.232. The van der Waals surface area contributed by atoms with Crippen LogP contribution in [0.25, 0.3) is 0 Å². The van der Waals surface area contributed by atoms with Gasteiger partial charge in [-0.3, -0.25) is 0 Å². The third-order valence-corrected chi connectivity index (χ3v) is 7.25. The Bertz CT molecular complexity index is 601. The van der Waals surface area contributed by atoms with Gasteiger partial charge in [-0.25, -0.2) is 12.7 Å². The molecule has 1 aliphatic heterocycles. The fourth-order valence-electron chi connectivity index (χ4n) is 3.93. The largest absolute Gasteiger partial charge is 0.214 e. The molecule has 1 aromatic carbocycles. The van der Waals surface area contributed by atoms with Crippen molar-refractivity contribution in [1.29, 1.82) is 0 Å². The summed E-state index contributed by atoms with van der Waals surface area (Å²) in [5.41, 5.74) is 3.20. The van der Waals surface area contributed by atoms with Crippen LogP contribution in [0.1, 0.15) is 50.2 Å². The minimum atomic E-state index is -3.04. The number of rotatable bonds is 4. The molecule has 1 saturated heterocycles. The lowest BCUT2D eigenvalue weighted by Crippen LogP contribution is -2.45. The van der Waals surface area contributed by atoms with E-state index in [9.17, 15) is 8.42 Å². The van der Waals surface area contributed by atoms with Crippen LogP contribution >= 0.6 is 0 Å². The van der Waals surface area contributed by atoms with Crippen molar-refractivity contribution < 1.29 is 8.42 Å². The summed E-state index contributed by atoms with van der Waals surface area (Å²) in [6.07, 6.45) is 6.01. The lowest BCUT2D eigenvalue weighted by Gasteiger charge is -2.39. The average Bonchev–Trinajstić information content (AvgIpc) is 2.85. The van der Waals surface area contributed by atoms with Crippen molar-refractivity contribution >= 4 is 10.0 Å². The van der Waals surface area contributed by atoms with Crippen molar-refractivity contribution in [1.82, 2.24) is 4.31 Å². The van der Waals surface area contributed by atoms with Crippen molar-refractivity contribution in [3.05, 3.63) is 35.4 Å². The average molecular weight is 307 g/mol. The van der Waals surface area contributed by atoms with Gasteiger partial charge in [-0.1, -0.05) is 37.6 Å². The van der Waals surface area contributed by atoms with Gasteiger partial charge in [0.15, 0.2) is 0 Å². The zero-order valence-electron chi connectivity index (χ0n) is 12.8. The van der Waals surface area contributed by atoms with E-state index in [4.69, 9.17) is 0 Å². The second kappa shape index (κ2) is 5.73. The standard InChI is InChI=1S/C17H25NO2S/c1-2-3-14-21(19,20)18-12-10-17(11-13-18)9-8-15-6-4-5-7-16(15)17/h4-7H,2-3,8-14H2,1H3. The molecule has 1 aliphatic carbocycles. The summed E-state index contributed by atoms with van der Waals surface area (Å²) in [6, 6.07) is 8.72. The fraction of sp³-hybridized carbons (Fsp3) is 0.647. The summed E-state index contributed by atoms with van der Waals surface area (Å²) in [6.45, 7) is 3.43. The van der Waals surface area contributed by atoms with E-state index in [0.717, 1.165) is 32.1 Å². The van der Waals surface area contributed by atoms with E-state index < -0.39 is 10.0 Å². The number of hydrogen-bond acceptors (Lipinski definition) is 2. The zero-order valence-corrected chi connectivity index (χ0v) is 13.7. The molecule has 1 heterocycles. The van der Waals surface area contributed by atoms with E-state index in [2.05, 4.69) is 24.3 Å². The number of hydrogen-bond donors (Lipinski definition) is 0. The highest BCUT2D eigenvalue weighted by molar-refractivity contribution is 7.89. The highest BCUT2D eigenvalue weighted by Gasteiger charge is 2.42. The van der Waals surface area contributed by atoms with Crippen LogP contribution in [0.3, 0.4) is 0 Å². The van der Waals surface area contributed by atoms with Crippen LogP contribution in [0.4, 0.5) is 0 Å². The van der Waals surface area contributed by atoms with E-state index in [1.54, 1.807) is 4.31 Å². The monoisotopic (exact) mass is 307 g/mol. The van der Waals surface area contributed by atoms with Gasteiger partial charge in [-0.2, -0.15) is 0 Å². The minimum absolute atomic E-state index is 0.243. The molecule has 116 valence electrons. The summed E-state index contributed by atoms with van der Waals surface area (Å²) in [7, 11) is -3.04. The first kappa shape index (κ1) is 15.0. The predicted octanol–water partition coefficient (Wildman–Crippen LogP) is 3.10. The molecule has 1 aromatic rings. The van der Waals surface area contributed by atoms with Crippen molar-refractivity contribution in [2.24, 2.45) is 0 Å². The number of fused-ring (bicyclic) bond motifs is 2. The highest BCUT2D eigenvalue weighted by Crippen LogP contribution is 2.46.